The number of aryl methyl sites for hydroxylation is 1. The Morgan fingerprint density at radius 2 is 2.14 bits per heavy atom. The molecule has 0 radical (unpaired) electrons. The first kappa shape index (κ1) is 19.4. The quantitative estimate of drug-likeness (QED) is 0.705. The molecule has 1 aromatic carbocycles. The van der Waals surface area contributed by atoms with E-state index in [1.807, 2.05) is 0 Å². The van der Waals surface area contributed by atoms with Crippen molar-refractivity contribution in [3.8, 4) is 0 Å². The monoisotopic (exact) mass is 383 g/mol. The smallest absolute Gasteiger partial charge is 0.243 e. The molecule has 152 valence electrons. The van der Waals surface area contributed by atoms with Crippen LogP contribution in [0.3, 0.4) is 0 Å². The zero-order chi connectivity index (χ0) is 19.7. The van der Waals surface area contributed by atoms with Gasteiger partial charge in [-0.25, -0.2) is 0 Å². The van der Waals surface area contributed by atoms with Crippen molar-refractivity contribution in [1.82, 2.24) is 5.32 Å². The second kappa shape index (κ2) is 7.86. The van der Waals surface area contributed by atoms with Gasteiger partial charge in [-0.1, -0.05) is 24.6 Å². The number of carbonyl (C=O) groups is 2. The number of para-hydroxylation sites is 1. The molecule has 5 nitrogen and oxygen atoms in total. The number of benzene rings is 1. The minimum Gasteiger partial charge on any atom is -0.373 e. The molecule has 1 unspecified atom stereocenters. The first-order valence-electron chi connectivity index (χ1n) is 10.9. The van der Waals surface area contributed by atoms with Crippen molar-refractivity contribution in [3.63, 3.8) is 0 Å². The van der Waals surface area contributed by atoms with Crippen LogP contribution in [0.25, 0.3) is 0 Å². The molecule has 0 saturated heterocycles. The predicted molar refractivity (Wildman–Crippen MR) is 111 cm³/mol. The molecule has 3 fully saturated rings. The maximum atomic E-state index is 12.9. The highest BCUT2D eigenvalue weighted by Crippen LogP contribution is 2.54. The fraction of sp³-hybridized carbons (Fsp3) is 0.652. The number of hydrogen-bond acceptors (Lipinski definition) is 4. The van der Waals surface area contributed by atoms with Crippen molar-refractivity contribution in [2.75, 3.05) is 11.9 Å². The summed E-state index contributed by atoms with van der Waals surface area (Å²) in [6.45, 7) is 2.68. The maximum absolute atomic E-state index is 12.9. The molecular weight excluding hydrogens is 350 g/mol. The molecule has 2 bridgehead atoms. The predicted octanol–water partition coefficient (Wildman–Crippen LogP) is 3.09. The van der Waals surface area contributed by atoms with Crippen molar-refractivity contribution < 1.29 is 9.59 Å². The summed E-state index contributed by atoms with van der Waals surface area (Å²) in [5.74, 6) is 1.12. The van der Waals surface area contributed by atoms with Gasteiger partial charge in [-0.2, -0.15) is 0 Å². The molecule has 0 aromatic heterocycles. The van der Waals surface area contributed by atoms with Crippen LogP contribution in [-0.2, 0) is 16.0 Å². The lowest BCUT2D eigenvalue weighted by atomic mass is 9.54. The largest absolute Gasteiger partial charge is 0.373 e. The Labute approximate surface area is 167 Å². The summed E-state index contributed by atoms with van der Waals surface area (Å²) in [4.78, 5) is 25.5. The number of nitrogens with one attached hydrogen (secondary N) is 2. The zero-order valence-corrected chi connectivity index (χ0v) is 16.9. The Bertz CT molecular complexity index is 749. The molecule has 4 N–H and O–H groups in total. The van der Waals surface area contributed by atoms with Crippen LogP contribution in [0.2, 0.25) is 0 Å². The van der Waals surface area contributed by atoms with Crippen LogP contribution in [0, 0.1) is 18.3 Å². The number of amides is 1. The van der Waals surface area contributed by atoms with Crippen molar-refractivity contribution in [1.29, 1.82) is 0 Å². The van der Waals surface area contributed by atoms with Crippen LogP contribution in [0.5, 0.6) is 0 Å². The van der Waals surface area contributed by atoms with Gasteiger partial charge in [0.05, 0.1) is 0 Å². The highest BCUT2D eigenvalue weighted by molar-refractivity contribution is 5.88. The van der Waals surface area contributed by atoms with E-state index < -0.39 is 0 Å². The Balaban J connectivity index is 1.30. The van der Waals surface area contributed by atoms with Crippen LogP contribution in [0.1, 0.15) is 62.5 Å². The normalized spacial score (nSPS) is 31.0. The van der Waals surface area contributed by atoms with Gasteiger partial charge in [-0.15, -0.1) is 0 Å². The summed E-state index contributed by atoms with van der Waals surface area (Å²) < 4.78 is 0. The van der Waals surface area contributed by atoms with Crippen molar-refractivity contribution >= 4 is 17.4 Å². The molecule has 2 atom stereocenters. The van der Waals surface area contributed by atoms with Gasteiger partial charge in [0.1, 0.15) is 11.8 Å². The van der Waals surface area contributed by atoms with E-state index in [0.717, 1.165) is 57.1 Å². The summed E-state index contributed by atoms with van der Waals surface area (Å²) in [6, 6.07) is 6.32. The second-order valence-electron chi connectivity index (χ2n) is 9.21. The lowest BCUT2D eigenvalue weighted by Gasteiger charge is -2.50. The Kier molecular flexibility index (Phi) is 5.46. The molecular formula is C23H33N3O2. The minimum atomic E-state index is -0.167. The van der Waals surface area contributed by atoms with E-state index in [1.54, 1.807) is 0 Å². The Morgan fingerprint density at radius 3 is 2.89 bits per heavy atom. The number of hydrogen-bond donors (Lipinski definition) is 3. The SMILES string of the molecule is Cc1cccc2c1NC(C(=O)N[C@H]1CCCC3(C(=O)CCCN)CC(C1)C3)C2. The van der Waals surface area contributed by atoms with Crippen LogP contribution < -0.4 is 16.4 Å². The molecule has 28 heavy (non-hydrogen) atoms. The maximum Gasteiger partial charge on any atom is 0.243 e. The number of carbonyl (C=O) groups excluding carboxylic acids is 2. The van der Waals surface area contributed by atoms with Gasteiger partial charge < -0.3 is 16.4 Å². The van der Waals surface area contributed by atoms with Gasteiger partial charge in [0.2, 0.25) is 5.91 Å². The standard InChI is InChI=1S/C23H33N3O2/c1-15-5-2-6-17-12-19(26-21(15)17)22(28)25-18-7-3-9-23(13-16(11-18)14-23)20(27)8-4-10-24/h2,5-6,16,18-19,26H,3-4,7-14,24H2,1H3,(H,25,28)/t16?,18-,19?,23?/m0/s1. The van der Waals surface area contributed by atoms with E-state index in [1.165, 1.54) is 11.1 Å². The van der Waals surface area contributed by atoms with Gasteiger partial charge >= 0.3 is 0 Å². The number of anilines is 1. The summed E-state index contributed by atoms with van der Waals surface area (Å²) in [5, 5.41) is 6.73. The molecule has 1 aromatic rings. The van der Waals surface area contributed by atoms with Gasteiger partial charge in [-0.05, 0) is 69.0 Å². The first-order chi connectivity index (χ1) is 13.5. The number of Topliss-reactive ketones (excluding diaryl/α,β-unsaturated/α-hetero) is 1. The summed E-state index contributed by atoms with van der Waals surface area (Å²) in [7, 11) is 0. The Hall–Kier alpha value is -1.88. The third-order valence-corrected chi connectivity index (χ3v) is 7.15. The number of rotatable bonds is 6. The van der Waals surface area contributed by atoms with Gasteiger partial charge in [0.25, 0.3) is 0 Å². The van der Waals surface area contributed by atoms with E-state index in [9.17, 15) is 9.59 Å². The first-order valence-corrected chi connectivity index (χ1v) is 10.9. The van der Waals surface area contributed by atoms with Crippen LogP contribution in [-0.4, -0.2) is 30.3 Å². The van der Waals surface area contributed by atoms with Gasteiger partial charge in [0.15, 0.2) is 0 Å². The fourth-order valence-corrected chi connectivity index (χ4v) is 5.66. The molecule has 5 rings (SSSR count). The molecule has 3 saturated carbocycles. The van der Waals surface area contributed by atoms with E-state index >= 15 is 0 Å². The molecule has 5 heteroatoms. The Morgan fingerprint density at radius 1 is 1.32 bits per heavy atom. The third-order valence-electron chi connectivity index (χ3n) is 7.15. The molecule has 1 aliphatic heterocycles. The average Bonchev–Trinajstić information content (AvgIpc) is 3.06. The van der Waals surface area contributed by atoms with Crippen molar-refractivity contribution in [3.05, 3.63) is 29.3 Å². The van der Waals surface area contributed by atoms with Crippen LogP contribution in [0.4, 0.5) is 5.69 Å². The van der Waals surface area contributed by atoms with E-state index in [4.69, 9.17) is 5.73 Å². The van der Waals surface area contributed by atoms with Crippen LogP contribution >= 0.6 is 0 Å². The highest BCUT2D eigenvalue weighted by atomic mass is 16.2. The zero-order valence-electron chi connectivity index (χ0n) is 16.9. The molecule has 3 aliphatic carbocycles. The van der Waals surface area contributed by atoms with Crippen LogP contribution in [0.15, 0.2) is 18.2 Å². The lowest BCUT2D eigenvalue weighted by Crippen LogP contribution is -2.50. The van der Waals surface area contributed by atoms with E-state index in [0.29, 0.717) is 24.7 Å². The van der Waals surface area contributed by atoms with Crippen molar-refractivity contribution in [2.45, 2.75) is 76.8 Å². The second-order valence-corrected chi connectivity index (χ2v) is 9.21. The topological polar surface area (TPSA) is 84.2 Å². The van der Waals surface area contributed by atoms with Gasteiger partial charge in [-0.3, -0.25) is 9.59 Å². The number of fused-ring (bicyclic) bond motifs is 5. The third kappa shape index (κ3) is 3.69. The number of ketones is 1. The highest BCUT2D eigenvalue weighted by Gasteiger charge is 2.50. The lowest BCUT2D eigenvalue weighted by molar-refractivity contribution is -0.140. The molecule has 4 aliphatic rings. The van der Waals surface area contributed by atoms with Gasteiger partial charge in [0, 0.05) is 30.0 Å². The average molecular weight is 384 g/mol. The van der Waals surface area contributed by atoms with E-state index in [-0.39, 0.29) is 23.4 Å². The molecule has 1 amide bonds. The van der Waals surface area contributed by atoms with Crippen molar-refractivity contribution in [2.24, 2.45) is 17.1 Å². The fourth-order valence-electron chi connectivity index (χ4n) is 5.66. The van der Waals surface area contributed by atoms with E-state index in [2.05, 4.69) is 35.8 Å². The summed E-state index contributed by atoms with van der Waals surface area (Å²) in [6.07, 6.45) is 8.21. The summed E-state index contributed by atoms with van der Waals surface area (Å²) in [5.41, 5.74) is 9.06. The summed E-state index contributed by atoms with van der Waals surface area (Å²) >= 11 is 0. The number of nitrogens with two attached hydrogens (primary N) is 1. The molecule has 1 heterocycles. The minimum absolute atomic E-state index is 0.0685. The molecule has 0 spiro atoms.